The Bertz CT molecular complexity index is 1050. The van der Waals surface area contributed by atoms with Crippen LogP contribution in [0.4, 0.5) is 32.3 Å². The van der Waals surface area contributed by atoms with Gasteiger partial charge in [-0.2, -0.15) is 26.3 Å². The molecule has 218 valence electrons. The number of alkyl halides is 6. The molecule has 39 heavy (non-hydrogen) atoms. The maximum Gasteiger partial charge on any atom is 0.490 e. The number of hydrogen-bond donors (Lipinski definition) is 3. The summed E-state index contributed by atoms with van der Waals surface area (Å²) in [4.78, 5) is 33.5. The van der Waals surface area contributed by atoms with E-state index in [-0.39, 0.29) is 5.41 Å². The van der Waals surface area contributed by atoms with Crippen molar-refractivity contribution in [3.8, 4) is 0 Å². The zero-order valence-corrected chi connectivity index (χ0v) is 21.4. The van der Waals surface area contributed by atoms with Gasteiger partial charge in [0.25, 0.3) is 0 Å². The Morgan fingerprint density at radius 3 is 2.26 bits per heavy atom. The summed E-state index contributed by atoms with van der Waals surface area (Å²) in [6, 6.07) is 1.84. The van der Waals surface area contributed by atoms with Gasteiger partial charge in [-0.15, -0.1) is 11.3 Å². The van der Waals surface area contributed by atoms with Crippen LogP contribution in [0.25, 0.3) is 0 Å². The highest BCUT2D eigenvalue weighted by Gasteiger charge is 2.47. The molecule has 2 fully saturated rings. The summed E-state index contributed by atoms with van der Waals surface area (Å²) in [5.41, 5.74) is 1.37. The smallest absolute Gasteiger partial charge is 0.475 e. The van der Waals surface area contributed by atoms with Crippen LogP contribution in [0.3, 0.4) is 0 Å². The Balaban J connectivity index is 0.000000317. The summed E-state index contributed by atoms with van der Waals surface area (Å²) in [6.07, 6.45) is -2.89. The van der Waals surface area contributed by atoms with Gasteiger partial charge in [0.05, 0.1) is 12.6 Å². The topological polar surface area (TPSA) is 138 Å². The van der Waals surface area contributed by atoms with Gasteiger partial charge in [0, 0.05) is 55.1 Å². The fourth-order valence-corrected chi connectivity index (χ4v) is 4.93. The lowest BCUT2D eigenvalue weighted by Crippen LogP contribution is -2.49. The predicted molar refractivity (Wildman–Crippen MR) is 126 cm³/mol. The molecule has 0 saturated carbocycles. The van der Waals surface area contributed by atoms with Gasteiger partial charge in [0.1, 0.15) is 5.01 Å². The van der Waals surface area contributed by atoms with Gasteiger partial charge in [-0.05, 0) is 32.3 Å². The van der Waals surface area contributed by atoms with E-state index in [9.17, 15) is 26.3 Å². The third-order valence-electron chi connectivity index (χ3n) is 5.83. The summed E-state index contributed by atoms with van der Waals surface area (Å²) in [7, 11) is 0. The van der Waals surface area contributed by atoms with E-state index in [2.05, 4.69) is 37.5 Å². The fourth-order valence-electron chi connectivity index (χ4n) is 4.12. The quantitative estimate of drug-likeness (QED) is 0.426. The van der Waals surface area contributed by atoms with Crippen LogP contribution in [0, 0.1) is 12.3 Å². The number of halogens is 6. The fraction of sp³-hybridized carbons (Fsp3) is 0.591. The minimum Gasteiger partial charge on any atom is -0.475 e. The van der Waals surface area contributed by atoms with Crippen molar-refractivity contribution in [3.05, 3.63) is 34.5 Å². The number of piperidine rings is 1. The highest BCUT2D eigenvalue weighted by molar-refractivity contribution is 7.09. The molecule has 0 aromatic carbocycles. The maximum atomic E-state index is 10.6. The van der Waals surface area contributed by atoms with E-state index in [1.165, 1.54) is 5.01 Å². The lowest BCUT2D eigenvalue weighted by Gasteiger charge is -2.43. The first-order chi connectivity index (χ1) is 18.1. The first-order valence-electron chi connectivity index (χ1n) is 11.5. The molecule has 2 saturated heterocycles. The summed E-state index contributed by atoms with van der Waals surface area (Å²) < 4.78 is 69.5. The van der Waals surface area contributed by atoms with Crippen LogP contribution in [0.2, 0.25) is 0 Å². The molecule has 0 amide bonds. The number of carboxylic acids is 2. The third-order valence-corrected chi connectivity index (χ3v) is 6.78. The molecular weight excluding hydrogens is 560 g/mol. The van der Waals surface area contributed by atoms with Crippen LogP contribution < -0.4 is 5.32 Å². The normalized spacial score (nSPS) is 21.1. The van der Waals surface area contributed by atoms with E-state index >= 15 is 0 Å². The van der Waals surface area contributed by atoms with Gasteiger partial charge in [-0.25, -0.2) is 24.5 Å². The number of aryl methyl sites for hydroxylation is 1. The molecule has 10 nitrogen and oxygen atoms in total. The Morgan fingerprint density at radius 2 is 1.74 bits per heavy atom. The zero-order chi connectivity index (χ0) is 29.3. The number of aliphatic carboxylic acids is 2. The first-order valence-corrected chi connectivity index (χ1v) is 12.4. The number of likely N-dealkylation sites (tertiary alicyclic amines) is 1. The number of carbonyl (C=O) groups is 2. The molecule has 17 heteroatoms. The molecule has 0 aliphatic carbocycles. The van der Waals surface area contributed by atoms with Crippen molar-refractivity contribution < 1.29 is 50.9 Å². The number of ether oxygens (including phenoxy) is 1. The van der Waals surface area contributed by atoms with E-state index in [0.29, 0.717) is 12.1 Å². The lowest BCUT2D eigenvalue weighted by molar-refractivity contribution is -0.193. The van der Waals surface area contributed by atoms with Gasteiger partial charge in [0.15, 0.2) is 0 Å². The van der Waals surface area contributed by atoms with Crippen LogP contribution in [-0.2, 0) is 20.9 Å². The van der Waals surface area contributed by atoms with E-state index in [0.717, 1.165) is 57.7 Å². The monoisotopic (exact) mass is 587 g/mol. The SMILES string of the molecule is Cc1csc(CN2CC[C@H]3OCC[C@@]3(CCNc3ncccn3)C2)n1.O=C(O)C(F)(F)F.O=C(O)C(F)(F)F. The minimum absolute atomic E-state index is 0.242. The van der Waals surface area contributed by atoms with E-state index < -0.39 is 24.3 Å². The highest BCUT2D eigenvalue weighted by atomic mass is 32.1. The van der Waals surface area contributed by atoms with Gasteiger partial charge < -0.3 is 20.3 Å². The predicted octanol–water partition coefficient (Wildman–Crippen LogP) is 3.99. The second-order valence-corrected chi connectivity index (χ2v) is 9.65. The number of nitrogens with one attached hydrogen (secondary N) is 1. The zero-order valence-electron chi connectivity index (χ0n) is 20.6. The average Bonchev–Trinajstić information content (AvgIpc) is 3.45. The molecule has 2 aromatic rings. The maximum absolute atomic E-state index is 10.6. The number of carboxylic acid groups (broad SMARTS) is 2. The molecule has 4 rings (SSSR count). The lowest BCUT2D eigenvalue weighted by atomic mass is 9.74. The van der Waals surface area contributed by atoms with Crippen LogP contribution in [0.15, 0.2) is 23.8 Å². The molecule has 0 bridgehead atoms. The van der Waals surface area contributed by atoms with Crippen molar-refractivity contribution in [2.75, 3.05) is 31.6 Å². The third kappa shape index (κ3) is 10.6. The summed E-state index contributed by atoms with van der Waals surface area (Å²) in [5, 5.41) is 21.0. The van der Waals surface area contributed by atoms with E-state index in [1.54, 1.807) is 23.7 Å². The molecule has 2 aromatic heterocycles. The number of thiazole rings is 1. The molecule has 2 atom stereocenters. The Morgan fingerprint density at radius 1 is 1.15 bits per heavy atom. The minimum atomic E-state index is -5.08. The van der Waals surface area contributed by atoms with Crippen LogP contribution in [0.5, 0.6) is 0 Å². The molecular formula is C22H27F6N5O5S. The average molecular weight is 588 g/mol. The number of nitrogens with zero attached hydrogens (tertiary/aromatic N) is 4. The van der Waals surface area contributed by atoms with Gasteiger partial charge in [-0.3, -0.25) is 4.90 Å². The molecule has 3 N–H and O–H groups in total. The molecule has 4 heterocycles. The first kappa shape index (κ1) is 32.2. The molecule has 2 aliphatic rings. The van der Waals surface area contributed by atoms with E-state index in [1.807, 2.05) is 6.07 Å². The van der Waals surface area contributed by atoms with Crippen LogP contribution in [-0.4, -0.2) is 86.7 Å². The number of anilines is 1. The van der Waals surface area contributed by atoms with Crippen molar-refractivity contribution in [3.63, 3.8) is 0 Å². The summed E-state index contributed by atoms with van der Waals surface area (Å²) in [6.45, 7) is 6.98. The van der Waals surface area contributed by atoms with Crippen molar-refractivity contribution in [2.45, 2.75) is 51.2 Å². The number of hydrogen-bond acceptors (Lipinski definition) is 9. The number of aromatic nitrogens is 3. The largest absolute Gasteiger partial charge is 0.490 e. The van der Waals surface area contributed by atoms with Crippen molar-refractivity contribution in [1.29, 1.82) is 0 Å². The molecule has 0 unspecified atom stereocenters. The Hall–Kier alpha value is -3.05. The van der Waals surface area contributed by atoms with Crippen LogP contribution >= 0.6 is 11.3 Å². The van der Waals surface area contributed by atoms with Crippen LogP contribution in [0.1, 0.15) is 30.0 Å². The second-order valence-electron chi connectivity index (χ2n) is 8.71. The summed E-state index contributed by atoms with van der Waals surface area (Å²) in [5.74, 6) is -4.81. The molecule has 0 spiro atoms. The van der Waals surface area contributed by atoms with Gasteiger partial charge in [0.2, 0.25) is 5.95 Å². The Kier molecular flexibility index (Phi) is 11.4. The van der Waals surface area contributed by atoms with Gasteiger partial charge in [-0.1, -0.05) is 0 Å². The van der Waals surface area contributed by atoms with Crippen molar-refractivity contribution in [2.24, 2.45) is 5.41 Å². The molecule has 2 aliphatic heterocycles. The van der Waals surface area contributed by atoms with E-state index in [4.69, 9.17) is 24.5 Å². The summed E-state index contributed by atoms with van der Waals surface area (Å²) >= 11 is 1.77. The van der Waals surface area contributed by atoms with Crippen molar-refractivity contribution in [1.82, 2.24) is 19.9 Å². The number of fused-ring (bicyclic) bond motifs is 1. The van der Waals surface area contributed by atoms with Crippen molar-refractivity contribution >= 4 is 29.2 Å². The van der Waals surface area contributed by atoms with Gasteiger partial charge >= 0.3 is 24.3 Å². The Labute approximate surface area is 223 Å². The highest BCUT2D eigenvalue weighted by Crippen LogP contribution is 2.43. The standard InChI is InChI=1S/C18H25N5OS.2C2HF3O2/c1-14-12-25-16(22-14)11-23-9-3-15-18(13-23,5-10-24-15)4-8-21-17-19-6-2-7-20-17;2*3-2(4,5)1(6)7/h2,6-7,12,15H,3-5,8-11,13H2,1H3,(H,19,20,21);2*(H,6,7)/t15-,18+;;/m1../s1. The molecule has 0 radical (unpaired) electrons. The second kappa shape index (κ2) is 13.8. The number of rotatable bonds is 6.